The first-order valence-electron chi connectivity index (χ1n) is 8.99. The van der Waals surface area contributed by atoms with Crippen molar-refractivity contribution in [3.05, 3.63) is 39.3 Å². The molecule has 0 amide bonds. The van der Waals surface area contributed by atoms with Crippen LogP contribution in [0.25, 0.3) is 0 Å². The summed E-state index contributed by atoms with van der Waals surface area (Å²) < 4.78 is 35.0. The molecule has 0 radical (unpaired) electrons. The van der Waals surface area contributed by atoms with Gasteiger partial charge in [-0.25, -0.2) is 9.98 Å². The highest BCUT2D eigenvalue weighted by Gasteiger charge is 2.11. The molecule has 0 aliphatic heterocycles. The van der Waals surface area contributed by atoms with E-state index < -0.39 is 6.61 Å². The highest BCUT2D eigenvalue weighted by atomic mass is 32.1. The molecule has 0 unspecified atom stereocenters. The Morgan fingerprint density at radius 2 is 2.07 bits per heavy atom. The number of guanidine groups is 1. The minimum absolute atomic E-state index is 0.0890. The maximum absolute atomic E-state index is 12.6. The van der Waals surface area contributed by atoms with Gasteiger partial charge in [0.15, 0.2) is 5.96 Å². The minimum atomic E-state index is -2.89. The molecule has 1 heterocycles. The zero-order valence-electron chi connectivity index (χ0n) is 16.5. The van der Waals surface area contributed by atoms with Crippen molar-refractivity contribution in [2.45, 2.75) is 40.3 Å². The molecule has 1 aromatic heterocycles. The smallest absolute Gasteiger partial charge is 0.387 e. The van der Waals surface area contributed by atoms with Crippen molar-refractivity contribution >= 4 is 17.3 Å². The average molecular weight is 413 g/mol. The van der Waals surface area contributed by atoms with Gasteiger partial charge >= 0.3 is 6.61 Å². The van der Waals surface area contributed by atoms with Crippen molar-refractivity contribution in [2.75, 3.05) is 20.2 Å². The summed E-state index contributed by atoms with van der Waals surface area (Å²) in [6, 6.07) is 4.69. The Bertz CT molecular complexity index is 796. The molecule has 0 aliphatic rings. The van der Waals surface area contributed by atoms with Crippen LogP contribution in [0.2, 0.25) is 0 Å². The van der Waals surface area contributed by atoms with Crippen LogP contribution in [0.5, 0.6) is 11.5 Å². The fourth-order valence-corrected chi connectivity index (χ4v) is 3.56. The molecule has 6 nitrogen and oxygen atoms in total. The van der Waals surface area contributed by atoms with E-state index in [-0.39, 0.29) is 12.3 Å². The lowest BCUT2D eigenvalue weighted by Crippen LogP contribution is -2.38. The van der Waals surface area contributed by atoms with Gasteiger partial charge in [0.05, 0.1) is 24.4 Å². The van der Waals surface area contributed by atoms with E-state index in [1.165, 1.54) is 18.1 Å². The van der Waals surface area contributed by atoms with Crippen LogP contribution in [-0.2, 0) is 13.0 Å². The molecule has 2 N–H and O–H groups in total. The minimum Gasteiger partial charge on any atom is -0.497 e. The van der Waals surface area contributed by atoms with Crippen molar-refractivity contribution < 1.29 is 18.3 Å². The van der Waals surface area contributed by atoms with Crippen molar-refractivity contribution in [1.29, 1.82) is 0 Å². The van der Waals surface area contributed by atoms with Crippen LogP contribution in [0.1, 0.15) is 28.1 Å². The molecule has 2 aromatic rings. The molecule has 2 rings (SSSR count). The molecule has 154 valence electrons. The van der Waals surface area contributed by atoms with Gasteiger partial charge < -0.3 is 20.1 Å². The summed E-state index contributed by atoms with van der Waals surface area (Å²) in [4.78, 5) is 10.2. The lowest BCUT2D eigenvalue weighted by Gasteiger charge is -2.13. The molecule has 0 saturated heterocycles. The van der Waals surface area contributed by atoms with E-state index in [1.807, 2.05) is 20.8 Å². The second-order valence-corrected chi connectivity index (χ2v) is 7.25. The standard InChI is InChI=1S/C19H26F2N4O2S/c1-5-22-19(23-9-8-17-12(2)25-13(3)28-17)24-11-14-10-15(26-4)6-7-16(14)27-18(20)21/h6-7,10,18H,5,8-9,11H2,1-4H3,(H2,22,23,24). The van der Waals surface area contributed by atoms with Crippen LogP contribution >= 0.6 is 11.3 Å². The first kappa shape index (κ1) is 21.9. The number of halogens is 2. The first-order chi connectivity index (χ1) is 13.4. The van der Waals surface area contributed by atoms with Crippen LogP contribution in [0, 0.1) is 13.8 Å². The van der Waals surface area contributed by atoms with E-state index in [0.29, 0.717) is 30.4 Å². The van der Waals surface area contributed by atoms with Crippen LogP contribution in [0.4, 0.5) is 8.78 Å². The number of hydrogen-bond donors (Lipinski definition) is 2. The second kappa shape index (κ2) is 10.8. The summed E-state index contributed by atoms with van der Waals surface area (Å²) in [7, 11) is 1.52. The predicted octanol–water partition coefficient (Wildman–Crippen LogP) is 3.67. The number of aliphatic imine (C=N–C) groups is 1. The number of hydrogen-bond acceptors (Lipinski definition) is 5. The highest BCUT2D eigenvalue weighted by Crippen LogP contribution is 2.26. The number of rotatable bonds is 9. The Hall–Kier alpha value is -2.42. The van der Waals surface area contributed by atoms with E-state index >= 15 is 0 Å². The first-order valence-corrected chi connectivity index (χ1v) is 9.81. The Kier molecular flexibility index (Phi) is 8.43. The van der Waals surface area contributed by atoms with E-state index in [2.05, 4.69) is 25.3 Å². The monoisotopic (exact) mass is 412 g/mol. The average Bonchev–Trinajstić information content (AvgIpc) is 2.97. The van der Waals surface area contributed by atoms with E-state index in [4.69, 9.17) is 4.74 Å². The maximum atomic E-state index is 12.6. The van der Waals surface area contributed by atoms with Gasteiger partial charge in [-0.1, -0.05) is 0 Å². The Morgan fingerprint density at radius 1 is 1.29 bits per heavy atom. The van der Waals surface area contributed by atoms with Crippen molar-refractivity contribution in [3.8, 4) is 11.5 Å². The predicted molar refractivity (Wildman–Crippen MR) is 108 cm³/mol. The van der Waals surface area contributed by atoms with Crippen LogP contribution in [0.15, 0.2) is 23.2 Å². The van der Waals surface area contributed by atoms with Crippen molar-refractivity contribution in [2.24, 2.45) is 4.99 Å². The highest BCUT2D eigenvalue weighted by molar-refractivity contribution is 7.11. The molecule has 0 saturated carbocycles. The Balaban J connectivity index is 2.05. The quantitative estimate of drug-likeness (QED) is 0.486. The molecular weight excluding hydrogens is 386 g/mol. The molecule has 0 aliphatic carbocycles. The number of thiazole rings is 1. The fourth-order valence-electron chi connectivity index (χ4n) is 2.62. The molecule has 9 heteroatoms. The van der Waals surface area contributed by atoms with E-state index in [9.17, 15) is 8.78 Å². The van der Waals surface area contributed by atoms with E-state index in [1.54, 1.807) is 23.5 Å². The zero-order valence-corrected chi connectivity index (χ0v) is 17.3. The summed E-state index contributed by atoms with van der Waals surface area (Å²) in [6.07, 6.45) is 0.834. The van der Waals surface area contributed by atoms with Gasteiger partial charge in [-0.3, -0.25) is 0 Å². The lowest BCUT2D eigenvalue weighted by atomic mass is 10.2. The SMILES string of the molecule is CCNC(=NCc1cc(OC)ccc1OC(F)F)NCCc1sc(C)nc1C. The number of aryl methyl sites for hydroxylation is 2. The third kappa shape index (κ3) is 6.63. The van der Waals surface area contributed by atoms with Crippen LogP contribution in [0.3, 0.4) is 0 Å². The van der Waals surface area contributed by atoms with Crippen molar-refractivity contribution in [3.63, 3.8) is 0 Å². The van der Waals surface area contributed by atoms with Gasteiger partial charge in [-0.15, -0.1) is 11.3 Å². The van der Waals surface area contributed by atoms with Crippen LogP contribution in [-0.4, -0.2) is 37.8 Å². The van der Waals surface area contributed by atoms with E-state index in [0.717, 1.165) is 17.1 Å². The number of aromatic nitrogens is 1. The number of nitrogens with one attached hydrogen (secondary N) is 2. The summed E-state index contributed by atoms with van der Waals surface area (Å²) in [6.45, 7) is 4.61. The van der Waals surface area contributed by atoms with Gasteiger partial charge in [-0.2, -0.15) is 8.78 Å². The normalized spacial score (nSPS) is 11.6. The number of benzene rings is 1. The summed E-state index contributed by atoms with van der Waals surface area (Å²) in [5, 5.41) is 7.47. The Morgan fingerprint density at radius 3 is 2.68 bits per heavy atom. The summed E-state index contributed by atoms with van der Waals surface area (Å²) >= 11 is 1.69. The zero-order chi connectivity index (χ0) is 20.5. The number of ether oxygens (including phenoxy) is 2. The topological polar surface area (TPSA) is 67.8 Å². The van der Waals surface area contributed by atoms with Gasteiger partial charge in [-0.05, 0) is 39.0 Å². The molecule has 1 aromatic carbocycles. The third-order valence-electron chi connectivity index (χ3n) is 3.88. The molecule has 0 fully saturated rings. The summed E-state index contributed by atoms with van der Waals surface area (Å²) in [5.74, 6) is 1.25. The molecular formula is C19H26F2N4O2S. The van der Waals surface area contributed by atoms with Crippen LogP contribution < -0.4 is 20.1 Å². The fraction of sp³-hybridized carbons (Fsp3) is 0.474. The van der Waals surface area contributed by atoms with Gasteiger partial charge in [0.2, 0.25) is 0 Å². The second-order valence-electron chi connectivity index (χ2n) is 5.97. The largest absolute Gasteiger partial charge is 0.497 e. The van der Waals surface area contributed by atoms with Gasteiger partial charge in [0.25, 0.3) is 0 Å². The molecule has 0 spiro atoms. The maximum Gasteiger partial charge on any atom is 0.387 e. The van der Waals surface area contributed by atoms with Gasteiger partial charge in [0.1, 0.15) is 11.5 Å². The molecule has 0 bridgehead atoms. The summed E-state index contributed by atoms with van der Waals surface area (Å²) in [5.41, 5.74) is 1.57. The van der Waals surface area contributed by atoms with Gasteiger partial charge in [0, 0.05) is 30.0 Å². The lowest BCUT2D eigenvalue weighted by molar-refractivity contribution is -0.0504. The molecule has 0 atom stereocenters. The van der Waals surface area contributed by atoms with Crippen molar-refractivity contribution in [1.82, 2.24) is 15.6 Å². The Labute approximate surface area is 168 Å². The number of nitrogens with zero attached hydrogens (tertiary/aromatic N) is 2. The number of alkyl halides is 2. The number of methoxy groups -OCH3 is 1. The molecule has 28 heavy (non-hydrogen) atoms. The third-order valence-corrected chi connectivity index (χ3v) is 5.01.